The molecule has 5 nitrogen and oxygen atoms in total. The van der Waals surface area contributed by atoms with Gasteiger partial charge in [0.15, 0.2) is 5.57 Å². The first kappa shape index (κ1) is 23.1. The van der Waals surface area contributed by atoms with E-state index in [2.05, 4.69) is 10.6 Å². The Hall–Kier alpha value is -2.90. The third-order valence-corrected chi connectivity index (χ3v) is 3.46. The van der Waals surface area contributed by atoms with Crippen molar-refractivity contribution in [3.8, 4) is 6.07 Å². The Labute approximate surface area is 156 Å². The maximum Gasteiger partial charge on any atom is 0.416 e. The molecule has 0 unspecified atom stereocenters. The molecule has 28 heavy (non-hydrogen) atoms. The van der Waals surface area contributed by atoms with Crippen LogP contribution in [0.2, 0.25) is 0 Å². The van der Waals surface area contributed by atoms with Gasteiger partial charge in [0, 0.05) is 12.2 Å². The number of anilines is 1. The molecule has 0 spiro atoms. The SMILES string of the molecule is CC(C)CCNC(Nc1cc(C(F)(F)F)cc(C(F)(F)F)c1)=C(C#N)C(=O)O. The molecular formula is C17H17F6N3O2. The second-order valence-corrected chi connectivity index (χ2v) is 6.20. The van der Waals surface area contributed by atoms with Crippen LogP contribution in [0.4, 0.5) is 32.0 Å². The molecule has 0 aliphatic heterocycles. The molecule has 154 valence electrons. The molecule has 1 aromatic carbocycles. The zero-order chi connectivity index (χ0) is 21.7. The monoisotopic (exact) mass is 409 g/mol. The smallest absolute Gasteiger partial charge is 0.416 e. The molecule has 0 aliphatic rings. The number of hydrogen-bond acceptors (Lipinski definition) is 4. The number of nitrogens with zero attached hydrogens (tertiary/aromatic N) is 1. The van der Waals surface area contributed by atoms with E-state index in [-0.39, 0.29) is 18.5 Å². The van der Waals surface area contributed by atoms with E-state index in [1.807, 2.05) is 13.8 Å². The van der Waals surface area contributed by atoms with Crippen molar-refractivity contribution in [2.45, 2.75) is 32.6 Å². The topological polar surface area (TPSA) is 85.1 Å². The van der Waals surface area contributed by atoms with Gasteiger partial charge >= 0.3 is 18.3 Å². The van der Waals surface area contributed by atoms with E-state index in [1.165, 1.54) is 6.07 Å². The minimum atomic E-state index is -5.06. The van der Waals surface area contributed by atoms with E-state index >= 15 is 0 Å². The summed E-state index contributed by atoms with van der Waals surface area (Å²) in [5, 5.41) is 22.8. The van der Waals surface area contributed by atoms with Gasteiger partial charge in [0.05, 0.1) is 11.1 Å². The van der Waals surface area contributed by atoms with Gasteiger partial charge in [-0.25, -0.2) is 4.79 Å². The van der Waals surface area contributed by atoms with Crippen molar-refractivity contribution in [3.05, 3.63) is 40.7 Å². The summed E-state index contributed by atoms with van der Waals surface area (Å²) in [7, 11) is 0. The first-order chi connectivity index (χ1) is 12.8. The summed E-state index contributed by atoms with van der Waals surface area (Å²) in [6.07, 6.45) is -9.60. The number of carbonyl (C=O) groups is 1. The lowest BCUT2D eigenvalue weighted by molar-refractivity contribution is -0.143. The number of nitrogens with one attached hydrogen (secondary N) is 2. The molecule has 0 radical (unpaired) electrons. The summed E-state index contributed by atoms with van der Waals surface area (Å²) in [6.45, 7) is 3.84. The fourth-order valence-electron chi connectivity index (χ4n) is 2.06. The van der Waals surface area contributed by atoms with Crippen molar-refractivity contribution >= 4 is 11.7 Å². The number of aliphatic carboxylic acids is 1. The van der Waals surface area contributed by atoms with Crippen LogP contribution in [0, 0.1) is 17.2 Å². The van der Waals surface area contributed by atoms with Gasteiger partial charge in [-0.3, -0.25) is 0 Å². The number of halogens is 6. The van der Waals surface area contributed by atoms with Gasteiger partial charge < -0.3 is 15.7 Å². The largest absolute Gasteiger partial charge is 0.477 e. The molecule has 1 aromatic rings. The summed E-state index contributed by atoms with van der Waals surface area (Å²) in [5.74, 6) is -2.01. The molecule has 0 bridgehead atoms. The van der Waals surface area contributed by atoms with E-state index in [0.717, 1.165) is 0 Å². The highest BCUT2D eigenvalue weighted by Crippen LogP contribution is 2.37. The highest BCUT2D eigenvalue weighted by molar-refractivity contribution is 5.92. The lowest BCUT2D eigenvalue weighted by Crippen LogP contribution is -2.26. The first-order valence-corrected chi connectivity index (χ1v) is 7.93. The third-order valence-electron chi connectivity index (χ3n) is 3.46. The maximum absolute atomic E-state index is 12.9. The molecule has 0 saturated carbocycles. The van der Waals surface area contributed by atoms with Gasteiger partial charge in [-0.1, -0.05) is 13.8 Å². The minimum absolute atomic E-state index is 0.0524. The van der Waals surface area contributed by atoms with Crippen LogP contribution < -0.4 is 10.6 Å². The van der Waals surface area contributed by atoms with Crippen molar-refractivity contribution < 1.29 is 36.2 Å². The number of rotatable bonds is 7. The molecule has 0 atom stereocenters. The van der Waals surface area contributed by atoms with Crippen LogP contribution in [0.3, 0.4) is 0 Å². The highest BCUT2D eigenvalue weighted by Gasteiger charge is 2.37. The van der Waals surface area contributed by atoms with Gasteiger partial charge in [0.1, 0.15) is 11.9 Å². The third kappa shape index (κ3) is 6.68. The molecule has 11 heteroatoms. The van der Waals surface area contributed by atoms with Crippen molar-refractivity contribution in [2.75, 3.05) is 11.9 Å². The van der Waals surface area contributed by atoms with Crippen molar-refractivity contribution in [3.63, 3.8) is 0 Å². The van der Waals surface area contributed by atoms with E-state index in [9.17, 15) is 31.1 Å². The van der Waals surface area contributed by atoms with E-state index < -0.39 is 46.5 Å². The summed E-state index contributed by atoms with van der Waals surface area (Å²) >= 11 is 0. The van der Waals surface area contributed by atoms with Crippen LogP contribution in [0.25, 0.3) is 0 Å². The second-order valence-electron chi connectivity index (χ2n) is 6.20. The van der Waals surface area contributed by atoms with Crippen LogP contribution in [0.5, 0.6) is 0 Å². The van der Waals surface area contributed by atoms with Crippen LogP contribution >= 0.6 is 0 Å². The minimum Gasteiger partial charge on any atom is -0.477 e. The Bertz CT molecular complexity index is 759. The molecule has 0 aromatic heterocycles. The number of benzene rings is 1. The van der Waals surface area contributed by atoms with Gasteiger partial charge in [0.25, 0.3) is 0 Å². The second kappa shape index (κ2) is 8.86. The highest BCUT2D eigenvalue weighted by atomic mass is 19.4. The van der Waals surface area contributed by atoms with Crippen LogP contribution in [-0.2, 0) is 17.1 Å². The zero-order valence-electron chi connectivity index (χ0n) is 14.8. The molecular weight excluding hydrogens is 392 g/mol. The molecule has 0 saturated heterocycles. The zero-order valence-corrected chi connectivity index (χ0v) is 14.8. The Morgan fingerprint density at radius 3 is 1.96 bits per heavy atom. The van der Waals surface area contributed by atoms with Gasteiger partial charge in [0.2, 0.25) is 0 Å². The van der Waals surface area contributed by atoms with Gasteiger partial charge in [-0.2, -0.15) is 31.6 Å². The first-order valence-electron chi connectivity index (χ1n) is 7.93. The summed E-state index contributed by atoms with van der Waals surface area (Å²) < 4.78 is 77.7. The Balaban J connectivity index is 3.41. The quantitative estimate of drug-likeness (QED) is 0.348. The van der Waals surface area contributed by atoms with Crippen LogP contribution in [-0.4, -0.2) is 17.6 Å². The number of carboxylic acid groups (broad SMARTS) is 1. The summed E-state index contributed by atoms with van der Waals surface area (Å²) in [4.78, 5) is 11.2. The predicted molar refractivity (Wildman–Crippen MR) is 87.8 cm³/mol. The molecule has 0 heterocycles. The predicted octanol–water partition coefficient (Wildman–Crippen LogP) is 4.59. The molecule has 0 aliphatic carbocycles. The molecule has 0 fully saturated rings. The average Bonchev–Trinajstić information content (AvgIpc) is 2.52. The van der Waals surface area contributed by atoms with Gasteiger partial charge in [-0.15, -0.1) is 0 Å². The van der Waals surface area contributed by atoms with E-state index in [0.29, 0.717) is 18.6 Å². The Kier molecular flexibility index (Phi) is 7.32. The van der Waals surface area contributed by atoms with Crippen molar-refractivity contribution in [1.82, 2.24) is 5.32 Å². The van der Waals surface area contributed by atoms with Crippen molar-refractivity contribution in [1.29, 1.82) is 5.26 Å². The Morgan fingerprint density at radius 1 is 1.11 bits per heavy atom. The number of alkyl halides is 6. The maximum atomic E-state index is 12.9. The molecule has 3 N–H and O–H groups in total. The standard InChI is InChI=1S/C17H17F6N3O2/c1-9(2)3-4-25-14(13(8-24)15(27)28)26-12-6-10(16(18,19)20)5-11(7-12)17(21,22)23/h5-7,9,25-26H,3-4H2,1-2H3,(H,27,28). The number of nitriles is 1. The van der Waals surface area contributed by atoms with E-state index in [1.54, 1.807) is 0 Å². The van der Waals surface area contributed by atoms with Crippen molar-refractivity contribution in [2.24, 2.45) is 5.92 Å². The lowest BCUT2D eigenvalue weighted by Gasteiger charge is -2.18. The summed E-state index contributed by atoms with van der Waals surface area (Å²) in [5.41, 5.74) is -4.68. The molecule has 0 amide bonds. The normalized spacial score (nSPS) is 13.0. The fraction of sp³-hybridized carbons (Fsp3) is 0.412. The van der Waals surface area contributed by atoms with Crippen LogP contribution in [0.15, 0.2) is 29.6 Å². The average molecular weight is 409 g/mol. The fourth-order valence-corrected chi connectivity index (χ4v) is 2.06. The van der Waals surface area contributed by atoms with Crippen LogP contribution in [0.1, 0.15) is 31.4 Å². The number of carboxylic acids is 1. The Morgan fingerprint density at radius 2 is 1.61 bits per heavy atom. The van der Waals surface area contributed by atoms with E-state index in [4.69, 9.17) is 10.4 Å². The number of hydrogen-bond donors (Lipinski definition) is 3. The lowest BCUT2D eigenvalue weighted by atomic mass is 10.1. The van der Waals surface area contributed by atoms with Gasteiger partial charge in [-0.05, 0) is 30.5 Å². The molecule has 1 rings (SSSR count). The summed E-state index contributed by atoms with van der Waals surface area (Å²) in [6, 6.07) is 2.11.